The van der Waals surface area contributed by atoms with E-state index in [4.69, 9.17) is 17.3 Å². The zero-order valence-electron chi connectivity index (χ0n) is 11.3. The van der Waals surface area contributed by atoms with Crippen LogP contribution in [0.25, 0.3) is 0 Å². The van der Waals surface area contributed by atoms with Gasteiger partial charge in [-0.15, -0.1) is 12.4 Å². The third-order valence-corrected chi connectivity index (χ3v) is 4.58. The summed E-state index contributed by atoms with van der Waals surface area (Å²) >= 11 is 6.00. The van der Waals surface area contributed by atoms with Crippen LogP contribution in [0, 0.1) is 5.92 Å². The van der Waals surface area contributed by atoms with Gasteiger partial charge in [-0.1, -0.05) is 17.7 Å². The first kappa shape index (κ1) is 15.6. The Balaban J connectivity index is 0.00000147. The Morgan fingerprint density at radius 3 is 2.80 bits per heavy atom. The number of hydrogen-bond acceptors (Lipinski definition) is 2. The Bertz CT molecular complexity index is 507. The molecule has 3 N–H and O–H groups in total. The van der Waals surface area contributed by atoms with Crippen molar-refractivity contribution in [3.05, 3.63) is 34.3 Å². The van der Waals surface area contributed by atoms with E-state index in [9.17, 15) is 4.79 Å². The second kappa shape index (κ2) is 6.33. The van der Waals surface area contributed by atoms with Gasteiger partial charge in [-0.2, -0.15) is 0 Å². The molecule has 3 nitrogen and oxygen atoms in total. The van der Waals surface area contributed by atoms with Crippen LogP contribution in [0.3, 0.4) is 0 Å². The van der Waals surface area contributed by atoms with Gasteiger partial charge in [0.25, 0.3) is 0 Å². The topological polar surface area (TPSA) is 55.1 Å². The Kier molecular flexibility index (Phi) is 4.95. The Morgan fingerprint density at radius 1 is 1.30 bits per heavy atom. The molecule has 3 rings (SSSR count). The highest BCUT2D eigenvalue weighted by Gasteiger charge is 2.31. The molecule has 0 radical (unpaired) electrons. The molecule has 0 aromatic heterocycles. The number of nitrogens with two attached hydrogens (primary N) is 1. The number of benzene rings is 1. The van der Waals surface area contributed by atoms with Crippen molar-refractivity contribution in [2.75, 3.05) is 0 Å². The summed E-state index contributed by atoms with van der Waals surface area (Å²) in [7, 11) is 0. The zero-order chi connectivity index (χ0) is 13.4. The minimum absolute atomic E-state index is 0. The minimum atomic E-state index is 0. The minimum Gasteiger partial charge on any atom is -0.349 e. The van der Waals surface area contributed by atoms with E-state index < -0.39 is 0 Å². The molecular formula is C15H20Cl2N2O. The van der Waals surface area contributed by atoms with Gasteiger partial charge in [-0.05, 0) is 55.4 Å². The molecule has 0 bridgehead atoms. The molecule has 2 aliphatic rings. The van der Waals surface area contributed by atoms with Crippen LogP contribution in [-0.4, -0.2) is 11.9 Å². The number of hydrogen-bond donors (Lipinski definition) is 2. The molecule has 3 unspecified atom stereocenters. The molecule has 0 spiro atoms. The van der Waals surface area contributed by atoms with Crippen LogP contribution in [0.4, 0.5) is 0 Å². The summed E-state index contributed by atoms with van der Waals surface area (Å²) < 4.78 is 0. The average molecular weight is 315 g/mol. The highest BCUT2D eigenvalue weighted by molar-refractivity contribution is 6.30. The second-order valence-corrected chi connectivity index (χ2v) is 6.15. The van der Waals surface area contributed by atoms with Crippen LogP contribution in [0.2, 0.25) is 5.02 Å². The van der Waals surface area contributed by atoms with Gasteiger partial charge in [-0.25, -0.2) is 0 Å². The van der Waals surface area contributed by atoms with E-state index in [1.54, 1.807) is 0 Å². The lowest BCUT2D eigenvalue weighted by Gasteiger charge is -2.17. The van der Waals surface area contributed by atoms with Gasteiger partial charge in [0, 0.05) is 17.0 Å². The van der Waals surface area contributed by atoms with E-state index in [-0.39, 0.29) is 36.3 Å². The van der Waals surface area contributed by atoms with Gasteiger partial charge in [0.2, 0.25) is 5.91 Å². The smallest absolute Gasteiger partial charge is 0.223 e. The normalized spacial score (nSPS) is 27.8. The van der Waals surface area contributed by atoms with Gasteiger partial charge in [0.1, 0.15) is 0 Å². The molecule has 1 aromatic carbocycles. The van der Waals surface area contributed by atoms with Gasteiger partial charge in [-0.3, -0.25) is 4.79 Å². The van der Waals surface area contributed by atoms with Gasteiger partial charge < -0.3 is 11.1 Å². The molecule has 5 heteroatoms. The van der Waals surface area contributed by atoms with Crippen LogP contribution >= 0.6 is 24.0 Å². The van der Waals surface area contributed by atoms with E-state index in [1.165, 1.54) is 11.1 Å². The van der Waals surface area contributed by atoms with E-state index >= 15 is 0 Å². The first-order valence-electron chi connectivity index (χ1n) is 6.98. The van der Waals surface area contributed by atoms with Crippen molar-refractivity contribution in [1.82, 2.24) is 5.32 Å². The highest BCUT2D eigenvalue weighted by atomic mass is 35.5. The van der Waals surface area contributed by atoms with Crippen LogP contribution in [0.1, 0.15) is 42.9 Å². The van der Waals surface area contributed by atoms with Gasteiger partial charge in [0.05, 0.1) is 6.04 Å². The summed E-state index contributed by atoms with van der Waals surface area (Å²) in [5.74, 6) is 0.270. The molecule has 1 amide bonds. The zero-order valence-corrected chi connectivity index (χ0v) is 12.8. The number of carbonyl (C=O) groups excluding carboxylic acids is 1. The first-order chi connectivity index (χ1) is 9.13. The maximum Gasteiger partial charge on any atom is 0.223 e. The monoisotopic (exact) mass is 314 g/mol. The summed E-state index contributed by atoms with van der Waals surface area (Å²) in [4.78, 5) is 12.2. The standard InChI is InChI=1S/C15H19ClN2O.ClH/c16-11-3-5-13-9(7-11)2-6-14(13)18-15(19)10-1-4-12(17)8-10;/h3,5,7,10,12,14H,1-2,4,6,8,17H2,(H,18,19);1H. The third kappa shape index (κ3) is 3.11. The van der Waals surface area contributed by atoms with Crippen molar-refractivity contribution in [3.8, 4) is 0 Å². The first-order valence-corrected chi connectivity index (χ1v) is 7.35. The molecule has 2 aliphatic carbocycles. The van der Waals surface area contributed by atoms with Crippen molar-refractivity contribution in [1.29, 1.82) is 0 Å². The number of nitrogens with one attached hydrogen (secondary N) is 1. The molecule has 3 atom stereocenters. The quantitative estimate of drug-likeness (QED) is 0.881. The largest absolute Gasteiger partial charge is 0.349 e. The average Bonchev–Trinajstić information content (AvgIpc) is 2.96. The second-order valence-electron chi connectivity index (χ2n) is 5.71. The number of amides is 1. The maximum atomic E-state index is 12.2. The summed E-state index contributed by atoms with van der Waals surface area (Å²) in [6.45, 7) is 0. The van der Waals surface area contributed by atoms with E-state index in [0.717, 1.165) is 37.1 Å². The predicted molar refractivity (Wildman–Crippen MR) is 83.2 cm³/mol. The van der Waals surface area contributed by atoms with Gasteiger partial charge >= 0.3 is 0 Å². The molecule has 110 valence electrons. The lowest BCUT2D eigenvalue weighted by Crippen LogP contribution is -2.32. The molecular weight excluding hydrogens is 295 g/mol. The number of carbonyl (C=O) groups is 1. The third-order valence-electron chi connectivity index (χ3n) is 4.34. The molecule has 1 saturated carbocycles. The van der Waals surface area contributed by atoms with E-state index in [0.29, 0.717) is 0 Å². The Hall–Kier alpha value is -0.770. The van der Waals surface area contributed by atoms with Crippen LogP contribution in [-0.2, 0) is 11.2 Å². The fourth-order valence-corrected chi connectivity index (χ4v) is 3.47. The lowest BCUT2D eigenvalue weighted by molar-refractivity contribution is -0.125. The Morgan fingerprint density at radius 2 is 2.10 bits per heavy atom. The van der Waals surface area contributed by atoms with Crippen LogP contribution in [0.15, 0.2) is 18.2 Å². The molecule has 0 heterocycles. The highest BCUT2D eigenvalue weighted by Crippen LogP contribution is 2.34. The molecule has 20 heavy (non-hydrogen) atoms. The number of aryl methyl sites for hydroxylation is 1. The van der Waals surface area contributed by atoms with E-state index in [2.05, 4.69) is 5.32 Å². The van der Waals surface area contributed by atoms with Crippen molar-refractivity contribution < 1.29 is 4.79 Å². The van der Waals surface area contributed by atoms with Gasteiger partial charge in [0.15, 0.2) is 0 Å². The fourth-order valence-electron chi connectivity index (χ4n) is 3.28. The summed E-state index contributed by atoms with van der Waals surface area (Å²) in [5.41, 5.74) is 8.36. The SMILES string of the molecule is Cl.NC1CCC(C(=O)NC2CCc3cc(Cl)ccc32)C1. The van der Waals surface area contributed by atoms with E-state index in [1.807, 2.05) is 18.2 Å². The molecule has 1 fully saturated rings. The summed E-state index contributed by atoms with van der Waals surface area (Å²) in [6, 6.07) is 6.29. The maximum absolute atomic E-state index is 12.2. The predicted octanol–water partition coefficient (Wildman–Crippen LogP) is 2.99. The summed E-state index contributed by atoms with van der Waals surface area (Å²) in [6.07, 6.45) is 4.68. The van der Waals surface area contributed by atoms with Crippen molar-refractivity contribution in [3.63, 3.8) is 0 Å². The number of rotatable bonds is 2. The Labute approximate surface area is 130 Å². The summed E-state index contributed by atoms with van der Waals surface area (Å²) in [5, 5.41) is 3.95. The van der Waals surface area contributed by atoms with Crippen molar-refractivity contribution >= 4 is 29.9 Å². The van der Waals surface area contributed by atoms with Crippen LogP contribution < -0.4 is 11.1 Å². The number of halogens is 2. The van der Waals surface area contributed by atoms with Crippen LogP contribution in [0.5, 0.6) is 0 Å². The molecule has 0 saturated heterocycles. The molecule has 0 aliphatic heterocycles. The van der Waals surface area contributed by atoms with Crippen molar-refractivity contribution in [2.24, 2.45) is 11.7 Å². The molecule has 1 aromatic rings. The fraction of sp³-hybridized carbons (Fsp3) is 0.533. The number of fused-ring (bicyclic) bond motifs is 1. The lowest BCUT2D eigenvalue weighted by atomic mass is 10.0. The van der Waals surface area contributed by atoms with Crippen molar-refractivity contribution in [2.45, 2.75) is 44.2 Å².